The number of esters is 2. The first-order chi connectivity index (χ1) is 41.6. The molecule has 0 aliphatic rings. The predicted molar refractivity (Wildman–Crippen MR) is 361 cm³/mol. The Morgan fingerprint density at radius 2 is 0.635 bits per heavy atom. The first kappa shape index (κ1) is 80.2. The molecule has 0 bridgehead atoms. The molecule has 0 amide bonds. The van der Waals surface area contributed by atoms with Gasteiger partial charge in [-0.2, -0.15) is 0 Å². The fraction of sp³-hybridized carbons (Fsp3) is 0.645. The molecule has 0 N–H and O–H groups in total. The van der Waals surface area contributed by atoms with Gasteiger partial charge in [0.25, 0.3) is 0 Å². The highest BCUT2D eigenvalue weighted by atomic mass is 16.7. The Labute approximate surface area is 522 Å². The third kappa shape index (κ3) is 66.5. The molecular formula is C76H125NO8. The van der Waals surface area contributed by atoms with Gasteiger partial charge in [-0.1, -0.05) is 275 Å². The Morgan fingerprint density at radius 1 is 0.353 bits per heavy atom. The summed E-state index contributed by atoms with van der Waals surface area (Å²) in [7, 11) is 5.92. The molecule has 0 saturated heterocycles. The number of nitrogens with zero attached hydrogens (tertiary/aromatic N) is 1. The molecular weight excluding hydrogens is 1050 g/mol. The zero-order chi connectivity index (χ0) is 61.9. The van der Waals surface area contributed by atoms with Gasteiger partial charge in [-0.15, -0.1) is 0 Å². The lowest BCUT2D eigenvalue weighted by atomic mass is 10.0. The monoisotopic (exact) mass is 1180 g/mol. The van der Waals surface area contributed by atoms with Crippen molar-refractivity contribution in [3.8, 4) is 0 Å². The van der Waals surface area contributed by atoms with Crippen LogP contribution in [0.3, 0.4) is 0 Å². The van der Waals surface area contributed by atoms with E-state index in [0.717, 1.165) is 128 Å². The molecule has 0 aromatic rings. The summed E-state index contributed by atoms with van der Waals surface area (Å²) in [5, 5.41) is 11.8. The molecule has 0 aliphatic heterocycles. The van der Waals surface area contributed by atoms with Crippen LogP contribution in [0.25, 0.3) is 0 Å². The molecule has 0 rings (SSSR count). The number of carbonyl (C=O) groups is 3. The van der Waals surface area contributed by atoms with Gasteiger partial charge in [0.05, 0.1) is 40.3 Å². The predicted octanol–water partition coefficient (Wildman–Crippen LogP) is 19.8. The Bertz CT molecular complexity index is 1900. The van der Waals surface area contributed by atoms with Crippen molar-refractivity contribution in [1.82, 2.24) is 0 Å². The summed E-state index contributed by atoms with van der Waals surface area (Å²) in [4.78, 5) is 37.5. The van der Waals surface area contributed by atoms with Crippen molar-refractivity contribution < 1.29 is 42.9 Å². The zero-order valence-electron chi connectivity index (χ0n) is 54.9. The smallest absolute Gasteiger partial charge is 0.306 e. The Hall–Kier alpha value is -4.83. The SMILES string of the molecule is CC/C=C\C/C=C\C/C=C\C/C=C\C/C=C\C/C=C\CCCCCCCCCCCCCCCCC(=O)OC(COC(=O)CCCCCCCCCC/C=C\C/C=C\C/C=C\C/C=C\C/C=C\C/C=C\CC)COC(OCC[N+](C)(C)C)C(=O)[O-]. The average molecular weight is 1180 g/mol. The second-order valence-electron chi connectivity index (χ2n) is 23.3. The second-order valence-corrected chi connectivity index (χ2v) is 23.3. The normalized spacial score (nSPS) is 13.7. The molecule has 0 aromatic carbocycles. The van der Waals surface area contributed by atoms with E-state index < -0.39 is 24.3 Å². The van der Waals surface area contributed by atoms with E-state index in [9.17, 15) is 19.5 Å². The summed E-state index contributed by atoms with van der Waals surface area (Å²) in [6, 6.07) is 0. The number of hydrogen-bond donors (Lipinski definition) is 0. The number of quaternary nitrogens is 1. The van der Waals surface area contributed by atoms with Gasteiger partial charge in [0.2, 0.25) is 0 Å². The number of rotatable bonds is 61. The van der Waals surface area contributed by atoms with Crippen LogP contribution in [0.15, 0.2) is 146 Å². The number of carboxylic acids is 1. The molecule has 0 fully saturated rings. The first-order valence-electron chi connectivity index (χ1n) is 34.0. The number of likely N-dealkylation sites (N-methyl/N-ethyl adjacent to an activating group) is 1. The lowest BCUT2D eigenvalue weighted by Crippen LogP contribution is -2.44. The van der Waals surface area contributed by atoms with E-state index in [1.807, 2.05) is 21.1 Å². The molecule has 9 heteroatoms. The van der Waals surface area contributed by atoms with Crippen LogP contribution in [0.4, 0.5) is 0 Å². The summed E-state index contributed by atoms with van der Waals surface area (Å²) >= 11 is 0. The number of ether oxygens (including phenoxy) is 4. The third-order valence-corrected chi connectivity index (χ3v) is 14.1. The van der Waals surface area contributed by atoms with Crippen LogP contribution < -0.4 is 5.11 Å². The average Bonchev–Trinajstić information content (AvgIpc) is 3.49. The second kappa shape index (κ2) is 65.2. The summed E-state index contributed by atoms with van der Waals surface area (Å²) < 4.78 is 22.8. The number of aliphatic carboxylic acids is 1. The number of carboxylic acid groups (broad SMARTS) is 1. The highest BCUT2D eigenvalue weighted by Gasteiger charge is 2.22. The van der Waals surface area contributed by atoms with E-state index in [2.05, 4.69) is 160 Å². The van der Waals surface area contributed by atoms with Crippen LogP contribution in [0, 0.1) is 0 Å². The Morgan fingerprint density at radius 3 is 0.941 bits per heavy atom. The number of carbonyl (C=O) groups excluding carboxylic acids is 3. The molecule has 0 spiro atoms. The van der Waals surface area contributed by atoms with E-state index in [1.54, 1.807) is 0 Å². The number of allylic oxidation sites excluding steroid dienone is 24. The first-order valence-corrected chi connectivity index (χ1v) is 34.0. The molecule has 0 aliphatic carbocycles. The highest BCUT2D eigenvalue weighted by molar-refractivity contribution is 5.70. The van der Waals surface area contributed by atoms with Crippen LogP contribution >= 0.6 is 0 Å². The summed E-state index contributed by atoms with van der Waals surface area (Å²) in [6.07, 6.45) is 92.0. The van der Waals surface area contributed by atoms with E-state index in [4.69, 9.17) is 18.9 Å². The van der Waals surface area contributed by atoms with Gasteiger partial charge in [-0.3, -0.25) is 9.59 Å². The topological polar surface area (TPSA) is 111 Å². The van der Waals surface area contributed by atoms with Crippen molar-refractivity contribution in [2.75, 3.05) is 47.5 Å². The van der Waals surface area contributed by atoms with Crippen LogP contribution in [0.1, 0.15) is 258 Å². The van der Waals surface area contributed by atoms with E-state index >= 15 is 0 Å². The van der Waals surface area contributed by atoms with E-state index in [0.29, 0.717) is 17.4 Å². The van der Waals surface area contributed by atoms with Gasteiger partial charge in [0, 0.05) is 12.8 Å². The summed E-state index contributed by atoms with van der Waals surface area (Å²) in [5.41, 5.74) is 0. The lowest BCUT2D eigenvalue weighted by Gasteiger charge is -2.26. The van der Waals surface area contributed by atoms with Crippen molar-refractivity contribution in [1.29, 1.82) is 0 Å². The molecule has 9 nitrogen and oxygen atoms in total. The van der Waals surface area contributed by atoms with Gasteiger partial charge < -0.3 is 33.3 Å². The minimum absolute atomic E-state index is 0.139. The molecule has 482 valence electrons. The van der Waals surface area contributed by atoms with Crippen LogP contribution in [0.2, 0.25) is 0 Å². The standard InChI is InChI=1S/C76H125NO8/c1-6-8-10-12-14-16-18-20-22-24-26-28-30-32-34-35-36-37-38-39-41-43-45-47-49-51-53-55-57-59-61-63-65-67-74(79)85-72(71-84-76(75(80)81)82-69-68-77(3,4)5)70-83-73(78)66-64-62-60-58-56-54-52-50-48-46-44-42-40-33-31-29-27-25-23-21-19-17-15-13-11-9-7-2/h8-11,14-17,20-23,26-29,32-34,36-37,40,44,46,72,76H,6-7,12-13,18-19,24-25,30-31,35,38-39,41-43,45,47-71H2,1-5H3/b10-8-,11-9-,16-14-,17-15-,22-20-,23-21-,28-26-,29-27-,34-32-,37-36-,40-33-,46-44-. The molecule has 85 heavy (non-hydrogen) atoms. The molecule has 2 unspecified atom stereocenters. The fourth-order valence-electron chi connectivity index (χ4n) is 8.96. The van der Waals surface area contributed by atoms with Crippen LogP contribution in [-0.2, 0) is 33.3 Å². The summed E-state index contributed by atoms with van der Waals surface area (Å²) in [5.74, 6) is -2.30. The van der Waals surface area contributed by atoms with Crippen LogP contribution in [0.5, 0.6) is 0 Å². The maximum Gasteiger partial charge on any atom is 0.306 e. The molecule has 0 heterocycles. The summed E-state index contributed by atoms with van der Waals surface area (Å²) in [6.45, 7) is 4.51. The molecule has 2 atom stereocenters. The minimum atomic E-state index is -1.63. The quantitative estimate of drug-likeness (QED) is 0.0195. The van der Waals surface area contributed by atoms with Gasteiger partial charge >= 0.3 is 11.9 Å². The third-order valence-electron chi connectivity index (χ3n) is 14.1. The van der Waals surface area contributed by atoms with Crippen LogP contribution in [-0.4, -0.2) is 82.3 Å². The molecule has 0 radical (unpaired) electrons. The van der Waals surface area contributed by atoms with Crippen molar-refractivity contribution in [3.05, 3.63) is 146 Å². The molecule has 0 aromatic heterocycles. The highest BCUT2D eigenvalue weighted by Crippen LogP contribution is 2.16. The van der Waals surface area contributed by atoms with Gasteiger partial charge in [-0.05, 0) is 116 Å². The number of unbranched alkanes of at least 4 members (excludes halogenated alkanes) is 22. The largest absolute Gasteiger partial charge is 0.545 e. The van der Waals surface area contributed by atoms with Gasteiger partial charge in [0.1, 0.15) is 13.2 Å². The van der Waals surface area contributed by atoms with Crippen molar-refractivity contribution >= 4 is 17.9 Å². The van der Waals surface area contributed by atoms with Crippen molar-refractivity contribution in [2.45, 2.75) is 270 Å². The van der Waals surface area contributed by atoms with Gasteiger partial charge in [-0.25, -0.2) is 0 Å². The van der Waals surface area contributed by atoms with Crippen molar-refractivity contribution in [2.24, 2.45) is 0 Å². The fourth-order valence-corrected chi connectivity index (χ4v) is 8.96. The Kier molecular flexibility index (Phi) is 61.4. The van der Waals surface area contributed by atoms with Gasteiger partial charge in [0.15, 0.2) is 12.4 Å². The molecule has 0 saturated carbocycles. The maximum absolute atomic E-state index is 12.9. The lowest BCUT2D eigenvalue weighted by molar-refractivity contribution is -0.870. The van der Waals surface area contributed by atoms with E-state index in [1.165, 1.54) is 96.3 Å². The van der Waals surface area contributed by atoms with E-state index in [-0.39, 0.29) is 38.6 Å². The zero-order valence-corrected chi connectivity index (χ0v) is 54.9. The van der Waals surface area contributed by atoms with Crippen molar-refractivity contribution in [3.63, 3.8) is 0 Å². The Balaban J connectivity index is 4.19. The maximum atomic E-state index is 12.9. The minimum Gasteiger partial charge on any atom is -0.545 e. The number of hydrogen-bond acceptors (Lipinski definition) is 8.